The molecule has 3 fully saturated rings. The normalized spacial score (nSPS) is 26.6. The van der Waals surface area contributed by atoms with Gasteiger partial charge in [0.2, 0.25) is 0 Å². The molecule has 0 amide bonds. The molecule has 0 radical (unpaired) electrons. The van der Waals surface area contributed by atoms with E-state index in [1.165, 1.54) is 64.2 Å². The molecule has 176 valence electrons. The van der Waals surface area contributed by atoms with E-state index in [9.17, 15) is 0 Å². The van der Waals surface area contributed by atoms with Gasteiger partial charge in [0.1, 0.15) is 11.3 Å². The van der Waals surface area contributed by atoms with Crippen LogP contribution in [0.5, 0.6) is 0 Å². The molecule has 2 unspecified atom stereocenters. The molecular weight excluding hydrogens is 400 g/mol. The zero-order chi connectivity index (χ0) is 22.0. The highest BCUT2D eigenvalue weighted by atomic mass is 15.6. The summed E-state index contributed by atoms with van der Waals surface area (Å²) < 4.78 is 4.30. The summed E-state index contributed by atoms with van der Waals surface area (Å²) in [5.41, 5.74) is -0.199. The Morgan fingerprint density at radius 1 is 0.594 bits per heavy atom. The van der Waals surface area contributed by atoms with Crippen LogP contribution in [0.4, 0.5) is 0 Å². The predicted molar refractivity (Wildman–Crippen MR) is 124 cm³/mol. The summed E-state index contributed by atoms with van der Waals surface area (Å²) in [5.74, 6) is 1.26. The maximum Gasteiger partial charge on any atom is 0.116 e. The van der Waals surface area contributed by atoms with Gasteiger partial charge in [0.05, 0.1) is 12.4 Å². The van der Waals surface area contributed by atoms with E-state index in [0.717, 1.165) is 26.2 Å². The largest absolute Gasteiger partial charge is 0.277 e. The van der Waals surface area contributed by atoms with E-state index in [-0.39, 0.29) is 11.3 Å². The molecule has 1 aliphatic heterocycles. The maximum atomic E-state index is 4.51. The Labute approximate surface area is 192 Å². The van der Waals surface area contributed by atoms with Crippen molar-refractivity contribution in [3.8, 4) is 0 Å². The fourth-order valence-electron chi connectivity index (χ4n) is 6.99. The number of piperazine rings is 1. The average Bonchev–Trinajstić information content (AvgIpc) is 3.60. The smallest absolute Gasteiger partial charge is 0.116 e. The minimum absolute atomic E-state index is 0.0997. The predicted octanol–water partition coefficient (Wildman–Crippen LogP) is 3.69. The first-order chi connectivity index (χ1) is 15.6. The monoisotopic (exact) mass is 440 g/mol. The van der Waals surface area contributed by atoms with Crippen molar-refractivity contribution in [3.05, 3.63) is 24.8 Å². The van der Waals surface area contributed by atoms with E-state index < -0.39 is 0 Å². The molecule has 8 nitrogen and oxygen atoms in total. The third-order valence-corrected chi connectivity index (χ3v) is 9.09. The third kappa shape index (κ3) is 3.79. The molecule has 8 heteroatoms. The van der Waals surface area contributed by atoms with Crippen molar-refractivity contribution in [2.45, 2.75) is 89.4 Å². The van der Waals surface area contributed by atoms with E-state index >= 15 is 0 Å². The topological polar surface area (TPSA) is 67.9 Å². The molecule has 0 N–H and O–H groups in total. The Balaban J connectivity index is 1.37. The molecule has 0 aromatic carbocycles. The van der Waals surface area contributed by atoms with Crippen molar-refractivity contribution in [1.29, 1.82) is 0 Å². The summed E-state index contributed by atoms with van der Waals surface area (Å²) in [5, 5.41) is 17.4. The Morgan fingerprint density at radius 3 is 1.28 bits per heavy atom. The molecule has 0 spiro atoms. The van der Waals surface area contributed by atoms with Crippen LogP contribution in [0, 0.1) is 11.8 Å². The number of hydrogen-bond donors (Lipinski definition) is 0. The van der Waals surface area contributed by atoms with Gasteiger partial charge in [-0.05, 0) is 51.4 Å². The molecule has 2 aromatic heterocycles. The van der Waals surface area contributed by atoms with E-state index in [2.05, 4.69) is 66.0 Å². The van der Waals surface area contributed by atoms with Gasteiger partial charge in [-0.15, -0.1) is 10.2 Å². The minimum Gasteiger partial charge on any atom is -0.277 e. The molecule has 2 aromatic rings. The molecular formula is C24H40N8. The minimum atomic E-state index is -0.0997. The van der Waals surface area contributed by atoms with Gasteiger partial charge in [-0.25, -0.2) is 9.36 Å². The zero-order valence-electron chi connectivity index (χ0n) is 19.9. The van der Waals surface area contributed by atoms with Crippen molar-refractivity contribution in [2.24, 2.45) is 11.8 Å². The van der Waals surface area contributed by atoms with Crippen LogP contribution in [0.1, 0.15) is 78.1 Å². The van der Waals surface area contributed by atoms with Gasteiger partial charge in [0.15, 0.2) is 0 Å². The molecule has 2 aliphatic carbocycles. The van der Waals surface area contributed by atoms with Crippen molar-refractivity contribution in [3.63, 3.8) is 0 Å². The second-order valence-electron chi connectivity index (χ2n) is 10.5. The maximum absolute atomic E-state index is 4.51. The fraction of sp³-hybridized carbons (Fsp3) is 0.833. The van der Waals surface area contributed by atoms with Crippen molar-refractivity contribution < 1.29 is 0 Å². The fourth-order valence-corrected chi connectivity index (χ4v) is 6.99. The number of nitrogens with zero attached hydrogens (tertiary/aromatic N) is 8. The molecule has 2 saturated carbocycles. The molecule has 2 atom stereocenters. The van der Waals surface area contributed by atoms with Crippen LogP contribution in [0.25, 0.3) is 0 Å². The van der Waals surface area contributed by atoms with Crippen LogP contribution in [-0.4, -0.2) is 66.0 Å². The second-order valence-corrected chi connectivity index (χ2v) is 10.5. The van der Waals surface area contributed by atoms with E-state index in [4.69, 9.17) is 0 Å². The highest BCUT2D eigenvalue weighted by Crippen LogP contribution is 2.43. The average molecular weight is 441 g/mol. The van der Waals surface area contributed by atoms with Gasteiger partial charge >= 0.3 is 0 Å². The van der Waals surface area contributed by atoms with Crippen LogP contribution < -0.4 is 0 Å². The lowest BCUT2D eigenvalue weighted by atomic mass is 9.78. The van der Waals surface area contributed by atoms with Crippen LogP contribution in [0.15, 0.2) is 24.8 Å². The Kier molecular flexibility index (Phi) is 6.34. The summed E-state index contributed by atoms with van der Waals surface area (Å²) >= 11 is 0. The lowest BCUT2D eigenvalue weighted by molar-refractivity contribution is -0.116. The summed E-state index contributed by atoms with van der Waals surface area (Å²) in [6.07, 6.45) is 21.0. The van der Waals surface area contributed by atoms with Gasteiger partial charge in [0.25, 0.3) is 0 Å². The lowest BCUT2D eigenvalue weighted by Gasteiger charge is -2.54. The van der Waals surface area contributed by atoms with Gasteiger partial charge in [-0.3, -0.25) is 9.80 Å². The van der Waals surface area contributed by atoms with Crippen LogP contribution in [0.3, 0.4) is 0 Å². The van der Waals surface area contributed by atoms with Crippen molar-refractivity contribution in [2.75, 3.05) is 26.2 Å². The SMILES string of the molecule is CC(C1CCCCC1)(N1CCN(C(C)(C2CCCCC2)n2ccnn2)CC1)n1ccnn1. The first-order valence-electron chi connectivity index (χ1n) is 12.9. The highest BCUT2D eigenvalue weighted by Gasteiger charge is 2.48. The summed E-state index contributed by atoms with van der Waals surface area (Å²) in [7, 11) is 0. The highest BCUT2D eigenvalue weighted by molar-refractivity contribution is 4.97. The van der Waals surface area contributed by atoms with Crippen LogP contribution >= 0.6 is 0 Å². The van der Waals surface area contributed by atoms with E-state index in [1.54, 1.807) is 0 Å². The summed E-state index contributed by atoms with van der Waals surface area (Å²) in [6, 6.07) is 0. The molecule has 3 heterocycles. The number of rotatable bonds is 6. The van der Waals surface area contributed by atoms with Crippen molar-refractivity contribution in [1.82, 2.24) is 39.8 Å². The number of aromatic nitrogens is 6. The number of hydrogen-bond acceptors (Lipinski definition) is 6. The lowest BCUT2D eigenvalue weighted by Crippen LogP contribution is -2.65. The first-order valence-corrected chi connectivity index (χ1v) is 12.9. The molecule has 1 saturated heterocycles. The van der Waals surface area contributed by atoms with Crippen molar-refractivity contribution >= 4 is 0 Å². The second kappa shape index (κ2) is 9.21. The Bertz CT molecular complexity index is 746. The standard InChI is InChI=1S/C24H40N8/c1-23(31-15-13-25-27-31,21-9-5-3-6-10-21)29-17-19-30(20-18-29)24(2,32-16-14-26-28-32)22-11-7-4-8-12-22/h13-16,21-22H,3-12,17-20H2,1-2H3. The van der Waals surface area contributed by atoms with Crippen LogP contribution in [0.2, 0.25) is 0 Å². The third-order valence-electron chi connectivity index (χ3n) is 9.09. The Hall–Kier alpha value is -1.80. The molecule has 32 heavy (non-hydrogen) atoms. The summed E-state index contributed by atoms with van der Waals surface area (Å²) in [4.78, 5) is 5.38. The molecule has 5 rings (SSSR count). The molecule has 0 bridgehead atoms. The van der Waals surface area contributed by atoms with E-state index in [0.29, 0.717) is 11.8 Å². The first kappa shape index (κ1) is 22.0. The van der Waals surface area contributed by atoms with Gasteiger partial charge in [-0.1, -0.05) is 49.0 Å². The van der Waals surface area contributed by atoms with Gasteiger partial charge < -0.3 is 0 Å². The quantitative estimate of drug-likeness (QED) is 0.682. The van der Waals surface area contributed by atoms with Gasteiger partial charge in [-0.2, -0.15) is 0 Å². The van der Waals surface area contributed by atoms with Gasteiger partial charge in [0, 0.05) is 38.6 Å². The van der Waals surface area contributed by atoms with E-state index in [1.807, 2.05) is 12.4 Å². The summed E-state index contributed by atoms with van der Waals surface area (Å²) in [6.45, 7) is 9.00. The Morgan fingerprint density at radius 2 is 0.969 bits per heavy atom. The zero-order valence-corrected chi connectivity index (χ0v) is 19.9. The van der Waals surface area contributed by atoms with Crippen LogP contribution in [-0.2, 0) is 11.3 Å². The molecule has 3 aliphatic rings.